The van der Waals surface area contributed by atoms with Crippen LogP contribution in [0.3, 0.4) is 0 Å². The van der Waals surface area contributed by atoms with Crippen LogP contribution in [0.25, 0.3) is 0 Å². The summed E-state index contributed by atoms with van der Waals surface area (Å²) in [5.41, 5.74) is -8.25. The molecule has 158 valence electrons. The van der Waals surface area contributed by atoms with E-state index in [-0.39, 0.29) is 0 Å². The van der Waals surface area contributed by atoms with E-state index in [0.29, 0.717) is 7.11 Å². The van der Waals surface area contributed by atoms with E-state index in [0.717, 1.165) is 0 Å². The van der Waals surface area contributed by atoms with Crippen molar-refractivity contribution in [2.24, 2.45) is 0 Å². The highest BCUT2D eigenvalue weighted by atomic mass is 19.4. The summed E-state index contributed by atoms with van der Waals surface area (Å²) in [6, 6.07) is 0. The zero-order chi connectivity index (χ0) is 21.6. The summed E-state index contributed by atoms with van der Waals surface area (Å²) >= 11 is 0. The van der Waals surface area contributed by atoms with Gasteiger partial charge >= 0.3 is 41.7 Å². The molecule has 0 saturated carbocycles. The molecular formula is C10H7F15O. The minimum atomic E-state index is -8.36. The second-order valence-electron chi connectivity index (χ2n) is 4.82. The van der Waals surface area contributed by atoms with Crippen molar-refractivity contribution in [2.45, 2.75) is 48.1 Å². The molecule has 0 unspecified atom stereocenters. The van der Waals surface area contributed by atoms with Gasteiger partial charge < -0.3 is 4.74 Å². The van der Waals surface area contributed by atoms with E-state index in [9.17, 15) is 65.9 Å². The first kappa shape index (κ1) is 24.9. The maximum atomic E-state index is 13.2. The Hall–Kier alpha value is -1.09. The molecule has 0 fully saturated rings. The van der Waals surface area contributed by atoms with Crippen LogP contribution >= 0.6 is 0 Å². The predicted molar refractivity (Wildman–Crippen MR) is 52.2 cm³/mol. The Morgan fingerprint density at radius 3 is 1.15 bits per heavy atom. The lowest BCUT2D eigenvalue weighted by atomic mass is 9.85. The van der Waals surface area contributed by atoms with E-state index in [1.807, 2.05) is 0 Å². The third kappa shape index (κ3) is 3.28. The molecule has 0 radical (unpaired) electrons. The predicted octanol–water partition coefficient (Wildman–Crippen LogP) is 5.40. The molecule has 0 spiro atoms. The van der Waals surface area contributed by atoms with Gasteiger partial charge in [0.1, 0.15) is 0 Å². The summed E-state index contributed by atoms with van der Waals surface area (Å²) in [6.45, 7) is -1.52. The second kappa shape index (κ2) is 6.51. The molecule has 0 aromatic rings. The van der Waals surface area contributed by atoms with Crippen LogP contribution in [0.1, 0.15) is 6.42 Å². The number of ether oxygens (including phenoxy) is 1. The summed E-state index contributed by atoms with van der Waals surface area (Å²) in [4.78, 5) is 0. The number of methoxy groups -OCH3 is 1. The van der Waals surface area contributed by atoms with Crippen molar-refractivity contribution in [1.29, 1.82) is 0 Å². The molecule has 0 heterocycles. The molecule has 0 saturated heterocycles. The Labute approximate surface area is 134 Å². The van der Waals surface area contributed by atoms with Crippen molar-refractivity contribution in [3.05, 3.63) is 0 Å². The Balaban J connectivity index is 6.55. The number of rotatable bonds is 7. The van der Waals surface area contributed by atoms with E-state index in [2.05, 4.69) is 4.74 Å². The van der Waals surface area contributed by atoms with Gasteiger partial charge in [0.2, 0.25) is 0 Å². The van der Waals surface area contributed by atoms with E-state index in [1.165, 1.54) is 0 Å². The lowest BCUT2D eigenvalue weighted by molar-refractivity contribution is -0.457. The molecule has 0 aliphatic heterocycles. The number of hydrogen-bond acceptors (Lipinski definition) is 1. The van der Waals surface area contributed by atoms with Gasteiger partial charge in [-0.2, -0.15) is 61.5 Å². The molecule has 0 rings (SSSR count). The van der Waals surface area contributed by atoms with Crippen LogP contribution in [-0.4, -0.2) is 55.4 Å². The van der Waals surface area contributed by atoms with Crippen LogP contribution < -0.4 is 0 Å². The van der Waals surface area contributed by atoms with Gasteiger partial charge in [0.15, 0.2) is 0 Å². The molecule has 0 aliphatic carbocycles. The molecular weight excluding hydrogens is 421 g/mol. The van der Waals surface area contributed by atoms with Crippen LogP contribution in [0.15, 0.2) is 0 Å². The quantitative estimate of drug-likeness (QED) is 0.494. The molecule has 1 nitrogen and oxygen atoms in total. The van der Waals surface area contributed by atoms with E-state index in [1.54, 1.807) is 0 Å². The minimum Gasteiger partial charge on any atom is -0.384 e. The third-order valence-corrected chi connectivity index (χ3v) is 3.08. The van der Waals surface area contributed by atoms with Crippen molar-refractivity contribution in [3.8, 4) is 0 Å². The van der Waals surface area contributed by atoms with Gasteiger partial charge in [-0.05, 0) is 0 Å². The van der Waals surface area contributed by atoms with Crippen LogP contribution in [-0.2, 0) is 4.74 Å². The average molecular weight is 428 g/mol. The Morgan fingerprint density at radius 2 is 0.885 bits per heavy atom. The van der Waals surface area contributed by atoms with Crippen LogP contribution in [0.2, 0.25) is 0 Å². The molecule has 0 atom stereocenters. The first-order valence-corrected chi connectivity index (χ1v) is 5.89. The standard InChI is InChI=1S/C10H7F15O/c1-26-3-2-4(11,12)6(14,15)8(18,19)7(16,17)5(13,9(20,21)22)10(23,24)25/h2-3H2,1H3. The van der Waals surface area contributed by atoms with Crippen molar-refractivity contribution in [1.82, 2.24) is 0 Å². The van der Waals surface area contributed by atoms with Gasteiger partial charge in [0, 0.05) is 13.5 Å². The SMILES string of the molecule is COCCC(F)(F)C(F)(F)C(F)(F)C(F)(F)C(F)(C(F)(F)F)C(F)(F)F. The molecule has 16 heteroatoms. The van der Waals surface area contributed by atoms with E-state index < -0.39 is 54.7 Å². The van der Waals surface area contributed by atoms with Crippen molar-refractivity contribution < 1.29 is 70.6 Å². The summed E-state index contributed by atoms with van der Waals surface area (Å²) in [6.07, 6.45) is -18.3. The maximum Gasteiger partial charge on any atom is 0.438 e. The third-order valence-electron chi connectivity index (χ3n) is 3.08. The van der Waals surface area contributed by atoms with Gasteiger partial charge in [0.05, 0.1) is 6.61 Å². The maximum absolute atomic E-state index is 13.2. The van der Waals surface area contributed by atoms with Crippen molar-refractivity contribution >= 4 is 0 Å². The van der Waals surface area contributed by atoms with Gasteiger partial charge in [0.25, 0.3) is 0 Å². The zero-order valence-electron chi connectivity index (χ0n) is 12.0. The minimum absolute atomic E-state index is 0.543. The van der Waals surface area contributed by atoms with E-state index >= 15 is 0 Å². The largest absolute Gasteiger partial charge is 0.438 e. The van der Waals surface area contributed by atoms with Crippen LogP contribution in [0.5, 0.6) is 0 Å². The van der Waals surface area contributed by atoms with Gasteiger partial charge in [-0.25, -0.2) is 4.39 Å². The Morgan fingerprint density at radius 1 is 0.538 bits per heavy atom. The smallest absolute Gasteiger partial charge is 0.384 e. The Kier molecular flexibility index (Phi) is 6.24. The average Bonchev–Trinajstić information content (AvgIpc) is 2.40. The van der Waals surface area contributed by atoms with Gasteiger partial charge in [-0.15, -0.1) is 0 Å². The molecule has 0 amide bonds. The fraction of sp³-hybridized carbons (Fsp3) is 1.00. The zero-order valence-corrected chi connectivity index (χ0v) is 12.0. The fourth-order valence-corrected chi connectivity index (χ4v) is 1.55. The number of hydrogen-bond donors (Lipinski definition) is 0. The lowest BCUT2D eigenvalue weighted by Crippen LogP contribution is -2.75. The summed E-state index contributed by atoms with van der Waals surface area (Å²) < 4.78 is 195. The van der Waals surface area contributed by atoms with E-state index in [4.69, 9.17) is 0 Å². The van der Waals surface area contributed by atoms with Crippen molar-refractivity contribution in [3.63, 3.8) is 0 Å². The highest BCUT2D eigenvalue weighted by Gasteiger charge is 2.95. The summed E-state index contributed by atoms with van der Waals surface area (Å²) in [5, 5.41) is 0. The summed E-state index contributed by atoms with van der Waals surface area (Å²) in [7, 11) is 0.543. The highest BCUT2D eigenvalue weighted by molar-refractivity contribution is 5.16. The molecule has 0 aliphatic rings. The van der Waals surface area contributed by atoms with Gasteiger partial charge in [-0.3, -0.25) is 0 Å². The van der Waals surface area contributed by atoms with Crippen molar-refractivity contribution in [2.75, 3.05) is 13.7 Å². The topological polar surface area (TPSA) is 9.23 Å². The number of alkyl halides is 15. The lowest BCUT2D eigenvalue weighted by Gasteiger charge is -2.43. The summed E-state index contributed by atoms with van der Waals surface area (Å²) in [5.74, 6) is -30.3. The molecule has 0 N–H and O–H groups in total. The number of halogens is 15. The highest BCUT2D eigenvalue weighted by Crippen LogP contribution is 2.63. The monoisotopic (exact) mass is 428 g/mol. The first-order chi connectivity index (χ1) is 11.1. The van der Waals surface area contributed by atoms with Crippen LogP contribution in [0.4, 0.5) is 65.9 Å². The normalized spacial score (nSPS) is 16.2. The Bertz CT molecular complexity index is 474. The van der Waals surface area contributed by atoms with Gasteiger partial charge in [-0.1, -0.05) is 0 Å². The van der Waals surface area contributed by atoms with Crippen LogP contribution in [0, 0.1) is 0 Å². The molecule has 0 aromatic carbocycles. The first-order valence-electron chi connectivity index (χ1n) is 5.89. The molecule has 26 heavy (non-hydrogen) atoms. The molecule has 0 bridgehead atoms. The molecule has 0 aromatic heterocycles. The fourth-order valence-electron chi connectivity index (χ4n) is 1.55. The second-order valence-corrected chi connectivity index (χ2v) is 4.82.